The molecule has 1 unspecified atom stereocenters. The molecule has 0 radical (unpaired) electrons. The Morgan fingerprint density at radius 3 is 2.47 bits per heavy atom. The fourth-order valence-corrected chi connectivity index (χ4v) is 5.85. The summed E-state index contributed by atoms with van der Waals surface area (Å²) >= 11 is 19.8. The van der Waals surface area contributed by atoms with Crippen LogP contribution in [0.2, 0.25) is 15.1 Å². The molecule has 3 aromatic rings. The van der Waals surface area contributed by atoms with E-state index in [1.165, 1.54) is 11.3 Å². The van der Waals surface area contributed by atoms with E-state index in [9.17, 15) is 8.42 Å². The molecule has 2 heterocycles. The first kappa shape index (κ1) is 21.6. The van der Waals surface area contributed by atoms with Gasteiger partial charge in [-0.25, -0.2) is 13.1 Å². The van der Waals surface area contributed by atoms with Crippen LogP contribution in [0, 0.1) is 0 Å². The van der Waals surface area contributed by atoms with E-state index < -0.39 is 10.0 Å². The van der Waals surface area contributed by atoms with Gasteiger partial charge in [-0.1, -0.05) is 46.9 Å². The van der Waals surface area contributed by atoms with Crippen molar-refractivity contribution >= 4 is 67.6 Å². The summed E-state index contributed by atoms with van der Waals surface area (Å²) in [6.07, 6.45) is 0.534. The highest BCUT2D eigenvalue weighted by Gasteiger charge is 2.31. The number of thiophene rings is 1. The third kappa shape index (κ3) is 4.66. The van der Waals surface area contributed by atoms with Crippen molar-refractivity contribution in [2.45, 2.75) is 17.4 Å². The van der Waals surface area contributed by atoms with Gasteiger partial charge < -0.3 is 0 Å². The van der Waals surface area contributed by atoms with Gasteiger partial charge in [0.25, 0.3) is 0 Å². The summed E-state index contributed by atoms with van der Waals surface area (Å²) in [5.74, 6) is 0. The lowest BCUT2D eigenvalue weighted by Gasteiger charge is -2.25. The second-order valence-corrected chi connectivity index (χ2v) is 10.5. The maximum absolute atomic E-state index is 12.5. The quantitative estimate of drug-likeness (QED) is 0.452. The lowest BCUT2D eigenvalue weighted by atomic mass is 10.0. The highest BCUT2D eigenvalue weighted by Crippen LogP contribution is 2.39. The van der Waals surface area contributed by atoms with Crippen molar-refractivity contribution in [1.82, 2.24) is 4.72 Å². The molecule has 0 spiro atoms. The third-order valence-electron chi connectivity index (χ3n) is 4.66. The zero-order chi connectivity index (χ0) is 21.3. The molecule has 1 aromatic heterocycles. The smallest absolute Gasteiger partial charge is 0.241 e. The summed E-state index contributed by atoms with van der Waals surface area (Å²) in [6.45, 7) is 0.101. The first-order chi connectivity index (χ1) is 14.3. The van der Waals surface area contributed by atoms with Gasteiger partial charge >= 0.3 is 0 Å². The maximum atomic E-state index is 12.5. The van der Waals surface area contributed by atoms with Crippen LogP contribution in [0.5, 0.6) is 0 Å². The summed E-state index contributed by atoms with van der Waals surface area (Å²) in [4.78, 5) is 0.248. The molecule has 0 amide bonds. The van der Waals surface area contributed by atoms with Crippen molar-refractivity contribution < 1.29 is 8.42 Å². The molecule has 1 aliphatic heterocycles. The van der Waals surface area contributed by atoms with E-state index >= 15 is 0 Å². The SMILES string of the molecule is O=S(=O)(NCC1=NN(c2ccc(Cl)cc2Cl)C(c2ccc(Cl)cc2)C1)c1ccsc1. The van der Waals surface area contributed by atoms with Gasteiger partial charge in [-0.15, -0.1) is 0 Å². The average Bonchev–Trinajstić information content (AvgIpc) is 3.38. The Bertz CT molecular complexity index is 1180. The Morgan fingerprint density at radius 1 is 1.07 bits per heavy atom. The van der Waals surface area contributed by atoms with Crippen molar-refractivity contribution in [2.24, 2.45) is 5.10 Å². The molecule has 0 aliphatic carbocycles. The Hall–Kier alpha value is -1.61. The summed E-state index contributed by atoms with van der Waals surface area (Å²) in [7, 11) is -3.59. The van der Waals surface area contributed by atoms with E-state index in [2.05, 4.69) is 9.82 Å². The van der Waals surface area contributed by atoms with Crippen LogP contribution in [0.4, 0.5) is 5.69 Å². The molecule has 1 aliphatic rings. The van der Waals surface area contributed by atoms with Crippen LogP contribution in [-0.2, 0) is 10.0 Å². The third-order valence-corrected chi connectivity index (χ3v) is 7.68. The van der Waals surface area contributed by atoms with Crippen LogP contribution >= 0.6 is 46.1 Å². The summed E-state index contributed by atoms with van der Waals surface area (Å²) in [5, 5.41) is 11.4. The lowest BCUT2D eigenvalue weighted by molar-refractivity contribution is 0.586. The number of sulfonamides is 1. The molecule has 10 heteroatoms. The van der Waals surface area contributed by atoms with Crippen molar-refractivity contribution in [1.29, 1.82) is 0 Å². The fraction of sp³-hybridized carbons (Fsp3) is 0.150. The van der Waals surface area contributed by atoms with Crippen LogP contribution in [-0.4, -0.2) is 20.7 Å². The van der Waals surface area contributed by atoms with Gasteiger partial charge in [0.2, 0.25) is 10.0 Å². The Balaban J connectivity index is 1.62. The minimum Gasteiger partial charge on any atom is -0.256 e. The Kier molecular flexibility index (Phi) is 6.39. The normalized spacial score (nSPS) is 16.7. The van der Waals surface area contributed by atoms with Crippen molar-refractivity contribution in [3.63, 3.8) is 0 Å². The van der Waals surface area contributed by atoms with E-state index in [0.717, 1.165) is 5.56 Å². The molecule has 0 saturated carbocycles. The van der Waals surface area contributed by atoms with E-state index in [4.69, 9.17) is 34.8 Å². The first-order valence-electron chi connectivity index (χ1n) is 8.91. The molecule has 0 bridgehead atoms. The summed E-state index contributed by atoms with van der Waals surface area (Å²) in [5.41, 5.74) is 2.38. The monoisotopic (exact) mass is 499 g/mol. The average molecular weight is 501 g/mol. The van der Waals surface area contributed by atoms with Gasteiger partial charge in [0.05, 0.1) is 33.9 Å². The first-order valence-corrected chi connectivity index (χ1v) is 12.5. The van der Waals surface area contributed by atoms with Gasteiger partial charge in [-0.2, -0.15) is 16.4 Å². The van der Waals surface area contributed by atoms with Gasteiger partial charge in [-0.3, -0.25) is 5.01 Å². The van der Waals surface area contributed by atoms with Crippen LogP contribution in [0.3, 0.4) is 0 Å². The number of nitrogens with zero attached hydrogens (tertiary/aromatic N) is 2. The zero-order valence-corrected chi connectivity index (χ0v) is 19.3. The molecule has 1 atom stereocenters. The minimum atomic E-state index is -3.59. The number of hydrogen-bond acceptors (Lipinski definition) is 5. The van der Waals surface area contributed by atoms with Crippen molar-refractivity contribution in [2.75, 3.05) is 11.6 Å². The number of anilines is 1. The van der Waals surface area contributed by atoms with Gasteiger partial charge in [0, 0.05) is 21.8 Å². The topological polar surface area (TPSA) is 61.8 Å². The summed E-state index contributed by atoms with van der Waals surface area (Å²) < 4.78 is 27.5. The molecule has 0 fully saturated rings. The van der Waals surface area contributed by atoms with Crippen LogP contribution in [0.1, 0.15) is 18.0 Å². The van der Waals surface area contributed by atoms with Crippen molar-refractivity contribution in [3.05, 3.63) is 79.9 Å². The van der Waals surface area contributed by atoms with E-state index in [0.29, 0.717) is 32.9 Å². The molecule has 156 valence electrons. The minimum absolute atomic E-state index is 0.101. The predicted octanol–water partition coefficient (Wildman–Crippen LogP) is 5.99. The fourth-order valence-electron chi connectivity index (χ4n) is 3.18. The van der Waals surface area contributed by atoms with E-state index in [-0.39, 0.29) is 17.5 Å². The molecule has 0 saturated heterocycles. The number of benzene rings is 2. The molecule has 5 nitrogen and oxygen atoms in total. The van der Waals surface area contributed by atoms with Crippen LogP contribution in [0.25, 0.3) is 0 Å². The Labute approximate surface area is 193 Å². The van der Waals surface area contributed by atoms with Gasteiger partial charge in [0.1, 0.15) is 0 Å². The van der Waals surface area contributed by atoms with Gasteiger partial charge in [0.15, 0.2) is 0 Å². The number of halogens is 3. The van der Waals surface area contributed by atoms with Crippen LogP contribution < -0.4 is 9.73 Å². The molecule has 30 heavy (non-hydrogen) atoms. The lowest BCUT2D eigenvalue weighted by Crippen LogP contribution is -2.28. The van der Waals surface area contributed by atoms with E-state index in [1.54, 1.807) is 40.0 Å². The highest BCUT2D eigenvalue weighted by atomic mass is 35.5. The predicted molar refractivity (Wildman–Crippen MR) is 125 cm³/mol. The number of hydrogen-bond donors (Lipinski definition) is 1. The van der Waals surface area contributed by atoms with Crippen LogP contribution in [0.15, 0.2) is 69.3 Å². The Morgan fingerprint density at radius 2 is 1.80 bits per heavy atom. The maximum Gasteiger partial charge on any atom is 0.241 e. The second kappa shape index (κ2) is 8.86. The van der Waals surface area contributed by atoms with Gasteiger partial charge in [-0.05, 0) is 47.3 Å². The number of rotatable bonds is 6. The molecule has 1 N–H and O–H groups in total. The van der Waals surface area contributed by atoms with E-state index in [1.807, 2.05) is 24.3 Å². The zero-order valence-electron chi connectivity index (χ0n) is 15.4. The standard InChI is InChI=1S/C20H16Cl3N3O2S2/c21-14-3-1-13(2-4-14)20-10-16(11-24-30(27,28)17-7-8-29-12-17)25-26(20)19-6-5-15(22)9-18(19)23/h1-9,12,20,24H,10-11H2. The highest BCUT2D eigenvalue weighted by molar-refractivity contribution is 7.89. The number of hydrazone groups is 1. The molecular formula is C20H16Cl3N3O2S2. The summed E-state index contributed by atoms with van der Waals surface area (Å²) in [6, 6.07) is 14.1. The number of nitrogens with one attached hydrogen (secondary N) is 1. The second-order valence-electron chi connectivity index (χ2n) is 6.66. The molecule has 4 rings (SSSR count). The molecule has 2 aromatic carbocycles. The molecular weight excluding hydrogens is 485 g/mol. The largest absolute Gasteiger partial charge is 0.256 e. The van der Waals surface area contributed by atoms with Crippen molar-refractivity contribution in [3.8, 4) is 0 Å².